The average molecular weight is 175 g/mol. The van der Waals surface area contributed by atoms with E-state index in [9.17, 15) is 0 Å². The fraction of sp³-hybridized carbons (Fsp3) is 1.00. The summed E-state index contributed by atoms with van der Waals surface area (Å²) in [5, 5.41) is 0. The van der Waals surface area contributed by atoms with Gasteiger partial charge in [0.15, 0.2) is 0 Å². The van der Waals surface area contributed by atoms with Crippen LogP contribution in [0.1, 0.15) is 33.1 Å². The predicted molar refractivity (Wildman–Crippen MR) is 55.8 cm³/mol. The minimum atomic E-state index is 0.386. The zero-order valence-electron chi connectivity index (χ0n) is 7.97. The van der Waals surface area contributed by atoms with Crippen molar-refractivity contribution in [1.29, 1.82) is 0 Å². The molecule has 2 N–H and O–H groups in total. The van der Waals surface area contributed by atoms with E-state index >= 15 is 0 Å². The summed E-state index contributed by atoms with van der Waals surface area (Å²) in [6.07, 6.45) is 8.27. The molecule has 0 atom stereocenters. The molecule has 0 saturated carbocycles. The smallest absolute Gasteiger partial charge is 0.00773 e. The Morgan fingerprint density at radius 2 is 1.64 bits per heavy atom. The second kappa shape index (κ2) is 8.49. The molecular formula is C9H22NP. The summed E-state index contributed by atoms with van der Waals surface area (Å²) in [6, 6.07) is 0. The molecule has 0 aliphatic rings. The van der Waals surface area contributed by atoms with Gasteiger partial charge in [0.2, 0.25) is 0 Å². The second-order valence-electron chi connectivity index (χ2n) is 2.88. The quantitative estimate of drug-likeness (QED) is 0.467. The molecule has 0 unspecified atom stereocenters. The maximum absolute atomic E-state index is 5.42. The lowest BCUT2D eigenvalue weighted by molar-refractivity contribution is 0.730. The van der Waals surface area contributed by atoms with Crippen molar-refractivity contribution in [3.05, 3.63) is 0 Å². The van der Waals surface area contributed by atoms with Crippen molar-refractivity contribution in [3.63, 3.8) is 0 Å². The Kier molecular flexibility index (Phi) is 8.79. The number of rotatable bonds is 7. The minimum Gasteiger partial charge on any atom is -0.330 e. The first-order valence-corrected chi connectivity index (χ1v) is 6.67. The zero-order chi connectivity index (χ0) is 8.53. The predicted octanol–water partition coefficient (Wildman–Crippen LogP) is 2.64. The van der Waals surface area contributed by atoms with Crippen molar-refractivity contribution in [3.8, 4) is 0 Å². The molecule has 0 aromatic carbocycles. The highest BCUT2D eigenvalue weighted by atomic mass is 31.1. The lowest BCUT2D eigenvalue weighted by Crippen LogP contribution is -1.98. The topological polar surface area (TPSA) is 26.0 Å². The molecule has 1 nitrogen and oxygen atoms in total. The van der Waals surface area contributed by atoms with Crippen LogP contribution >= 0.6 is 7.92 Å². The minimum absolute atomic E-state index is 0.386. The molecule has 0 heterocycles. The second-order valence-corrected chi connectivity index (χ2v) is 5.93. The Morgan fingerprint density at radius 3 is 2.09 bits per heavy atom. The van der Waals surface area contributed by atoms with Gasteiger partial charge in [-0.05, 0) is 37.9 Å². The molecule has 0 rings (SSSR count). The highest BCUT2D eigenvalue weighted by Gasteiger charge is 2.00. The molecule has 0 spiro atoms. The van der Waals surface area contributed by atoms with E-state index < -0.39 is 0 Å². The number of hydrogen-bond donors (Lipinski definition) is 1. The van der Waals surface area contributed by atoms with Crippen LogP contribution in [0.3, 0.4) is 0 Å². The van der Waals surface area contributed by atoms with Crippen molar-refractivity contribution in [2.75, 3.05) is 25.0 Å². The molecule has 0 aliphatic heterocycles. The molecule has 0 aliphatic carbocycles. The fourth-order valence-electron chi connectivity index (χ4n) is 1.20. The summed E-state index contributed by atoms with van der Waals surface area (Å²) in [5.41, 5.74) is 5.42. The van der Waals surface area contributed by atoms with E-state index in [2.05, 4.69) is 13.8 Å². The van der Waals surface area contributed by atoms with Gasteiger partial charge in [-0.25, -0.2) is 0 Å². The first-order valence-electron chi connectivity index (χ1n) is 4.77. The zero-order valence-corrected chi connectivity index (χ0v) is 8.87. The van der Waals surface area contributed by atoms with Gasteiger partial charge in [0.1, 0.15) is 0 Å². The van der Waals surface area contributed by atoms with Crippen molar-refractivity contribution in [2.45, 2.75) is 33.1 Å². The highest BCUT2D eigenvalue weighted by Crippen LogP contribution is 2.34. The van der Waals surface area contributed by atoms with Crippen LogP contribution in [0.2, 0.25) is 0 Å². The van der Waals surface area contributed by atoms with Crippen LogP contribution in [0.15, 0.2) is 0 Å². The summed E-state index contributed by atoms with van der Waals surface area (Å²) in [6.45, 7) is 5.51. The molecule has 0 saturated heterocycles. The fourth-order valence-corrected chi connectivity index (χ4v) is 2.95. The summed E-state index contributed by atoms with van der Waals surface area (Å²) in [4.78, 5) is 0. The van der Waals surface area contributed by atoms with Gasteiger partial charge in [0, 0.05) is 0 Å². The first-order chi connectivity index (χ1) is 5.35. The van der Waals surface area contributed by atoms with Crippen molar-refractivity contribution >= 4 is 7.92 Å². The maximum Gasteiger partial charge on any atom is -0.00773 e. The molecule has 0 fully saturated rings. The monoisotopic (exact) mass is 175 g/mol. The Labute approximate surface area is 72.5 Å². The third kappa shape index (κ3) is 6.77. The third-order valence-corrected chi connectivity index (χ3v) is 4.81. The van der Waals surface area contributed by atoms with E-state index in [-0.39, 0.29) is 0 Å². The van der Waals surface area contributed by atoms with Gasteiger partial charge in [-0.2, -0.15) is 0 Å². The molecule has 0 radical (unpaired) electrons. The van der Waals surface area contributed by atoms with Crippen LogP contribution < -0.4 is 5.73 Å². The molecule has 68 valence electrons. The number of nitrogens with two attached hydrogens (primary N) is 1. The molecule has 0 aromatic rings. The van der Waals surface area contributed by atoms with Gasteiger partial charge >= 0.3 is 0 Å². The molecule has 0 bridgehead atoms. The molecule has 11 heavy (non-hydrogen) atoms. The van der Waals surface area contributed by atoms with Gasteiger partial charge < -0.3 is 5.73 Å². The van der Waals surface area contributed by atoms with Crippen LogP contribution in [0.25, 0.3) is 0 Å². The largest absolute Gasteiger partial charge is 0.330 e. The molecule has 0 aromatic heterocycles. The maximum atomic E-state index is 5.42. The van der Waals surface area contributed by atoms with E-state index in [1.54, 1.807) is 0 Å². The summed E-state index contributed by atoms with van der Waals surface area (Å²) in [5.74, 6) is 0. The highest BCUT2D eigenvalue weighted by molar-refractivity contribution is 7.57. The van der Waals surface area contributed by atoms with E-state index in [1.807, 2.05) is 0 Å². The van der Waals surface area contributed by atoms with Crippen LogP contribution in [-0.4, -0.2) is 25.0 Å². The Hall–Kier alpha value is 0.390. The van der Waals surface area contributed by atoms with E-state index in [1.165, 1.54) is 37.7 Å². The summed E-state index contributed by atoms with van der Waals surface area (Å²) >= 11 is 0. The lowest BCUT2D eigenvalue weighted by Gasteiger charge is -2.11. The van der Waals surface area contributed by atoms with E-state index in [0.29, 0.717) is 7.92 Å². The molecule has 0 amide bonds. The van der Waals surface area contributed by atoms with E-state index in [4.69, 9.17) is 5.73 Å². The number of unbranched alkanes of at least 4 members (excludes halogenated alkanes) is 2. The number of hydrogen-bond acceptors (Lipinski definition) is 1. The van der Waals surface area contributed by atoms with Crippen molar-refractivity contribution < 1.29 is 0 Å². The van der Waals surface area contributed by atoms with Crippen LogP contribution in [0.5, 0.6) is 0 Å². The summed E-state index contributed by atoms with van der Waals surface area (Å²) < 4.78 is 0. The van der Waals surface area contributed by atoms with Gasteiger partial charge in [-0.15, -0.1) is 7.92 Å². The molecular weight excluding hydrogens is 153 g/mol. The van der Waals surface area contributed by atoms with Crippen LogP contribution in [0, 0.1) is 0 Å². The van der Waals surface area contributed by atoms with Crippen LogP contribution in [0.4, 0.5) is 0 Å². The van der Waals surface area contributed by atoms with Gasteiger partial charge in [-0.1, -0.05) is 20.3 Å². The van der Waals surface area contributed by atoms with Crippen LogP contribution in [-0.2, 0) is 0 Å². The van der Waals surface area contributed by atoms with Crippen molar-refractivity contribution in [1.82, 2.24) is 0 Å². The molecule has 2 heteroatoms. The SMILES string of the molecule is CCP(CC)CCCCCN. The van der Waals surface area contributed by atoms with Gasteiger partial charge in [-0.3, -0.25) is 0 Å². The average Bonchev–Trinajstić information content (AvgIpc) is 2.05. The van der Waals surface area contributed by atoms with Gasteiger partial charge in [0.25, 0.3) is 0 Å². The Bertz CT molecular complexity index is 72.0. The lowest BCUT2D eigenvalue weighted by atomic mass is 10.2. The van der Waals surface area contributed by atoms with Crippen molar-refractivity contribution in [2.24, 2.45) is 5.73 Å². The standard InChI is InChI=1S/C9H22NP/c1-3-11(4-2)9-7-5-6-8-10/h3-10H2,1-2H3. The Morgan fingerprint density at radius 1 is 1.00 bits per heavy atom. The van der Waals surface area contributed by atoms with Gasteiger partial charge in [0.05, 0.1) is 0 Å². The normalized spacial score (nSPS) is 10.9. The summed E-state index contributed by atoms with van der Waals surface area (Å²) in [7, 11) is 0.386. The van der Waals surface area contributed by atoms with E-state index in [0.717, 1.165) is 6.54 Å². The first kappa shape index (κ1) is 11.4. The third-order valence-electron chi connectivity index (χ3n) is 2.07. The Balaban J connectivity index is 3.07.